The summed E-state index contributed by atoms with van der Waals surface area (Å²) in [6.07, 6.45) is 1.58. The molecular formula is C17H11ClN4O3S2. The minimum absolute atomic E-state index is 0.103. The smallest absolute Gasteiger partial charge is 0.351 e. The fourth-order valence-corrected chi connectivity index (χ4v) is 4.62. The second-order valence-corrected chi connectivity index (χ2v) is 7.72. The first-order valence-electron chi connectivity index (χ1n) is 7.64. The number of carbonyl (C=O) groups excluding carboxylic acids is 1. The van der Waals surface area contributed by atoms with Crippen LogP contribution in [0.2, 0.25) is 5.15 Å². The van der Waals surface area contributed by atoms with E-state index in [1.807, 2.05) is 41.0 Å². The van der Waals surface area contributed by atoms with Crippen molar-refractivity contribution in [1.82, 2.24) is 19.7 Å². The number of carbonyl (C=O) groups is 1. The number of ether oxygens (including phenoxy) is 1. The number of rotatable bonds is 5. The molecule has 0 aliphatic carbocycles. The lowest BCUT2D eigenvalue weighted by atomic mass is 10.3. The van der Waals surface area contributed by atoms with Crippen molar-refractivity contribution in [3.05, 3.63) is 58.8 Å². The molecular weight excluding hydrogens is 408 g/mol. The molecule has 0 unspecified atom stereocenters. The molecule has 0 amide bonds. The number of aromatic nitrogens is 4. The highest BCUT2D eigenvalue weighted by Gasteiger charge is 2.22. The molecule has 0 saturated carbocycles. The van der Waals surface area contributed by atoms with Crippen LogP contribution in [0, 0.1) is 0 Å². The van der Waals surface area contributed by atoms with E-state index in [-0.39, 0.29) is 10.0 Å². The van der Waals surface area contributed by atoms with Crippen molar-refractivity contribution in [1.29, 1.82) is 0 Å². The quantitative estimate of drug-likeness (QED) is 0.439. The molecule has 27 heavy (non-hydrogen) atoms. The molecule has 1 aromatic carbocycles. The Morgan fingerprint density at radius 3 is 2.74 bits per heavy atom. The Morgan fingerprint density at radius 2 is 2.04 bits per heavy atom. The standard InChI is InChI=1S/C17H11ClN4O3S2/c1-24-15(23)12-13(18)19-17(26-12)27-16-21-20-14(11-8-5-9-25-11)22(16)10-6-3-2-4-7-10/h2-9H,1H3. The number of esters is 1. The van der Waals surface area contributed by atoms with Crippen molar-refractivity contribution >= 4 is 40.7 Å². The summed E-state index contributed by atoms with van der Waals surface area (Å²) in [6.45, 7) is 0. The molecule has 0 aliphatic rings. The molecule has 4 aromatic rings. The lowest BCUT2D eigenvalue weighted by molar-refractivity contribution is 0.0606. The zero-order chi connectivity index (χ0) is 18.8. The maximum absolute atomic E-state index is 11.8. The van der Waals surface area contributed by atoms with Crippen LogP contribution in [-0.4, -0.2) is 32.8 Å². The number of para-hydroxylation sites is 1. The third-order valence-electron chi connectivity index (χ3n) is 3.50. The Hall–Kier alpha value is -2.62. The molecule has 3 aromatic heterocycles. The van der Waals surface area contributed by atoms with Crippen LogP contribution in [0.25, 0.3) is 17.3 Å². The molecule has 0 N–H and O–H groups in total. The van der Waals surface area contributed by atoms with Crippen molar-refractivity contribution in [3.63, 3.8) is 0 Å². The number of methoxy groups -OCH3 is 1. The van der Waals surface area contributed by atoms with Crippen molar-refractivity contribution in [3.8, 4) is 17.3 Å². The van der Waals surface area contributed by atoms with Crippen LogP contribution in [-0.2, 0) is 4.74 Å². The molecule has 0 atom stereocenters. The molecule has 0 bridgehead atoms. The average Bonchev–Trinajstić information content (AvgIpc) is 3.42. The number of benzene rings is 1. The Morgan fingerprint density at radius 1 is 1.22 bits per heavy atom. The Bertz CT molecular complexity index is 1080. The van der Waals surface area contributed by atoms with E-state index in [1.54, 1.807) is 12.3 Å². The highest BCUT2D eigenvalue weighted by Crippen LogP contribution is 2.37. The van der Waals surface area contributed by atoms with E-state index in [0.29, 0.717) is 21.1 Å². The van der Waals surface area contributed by atoms with Gasteiger partial charge in [-0.1, -0.05) is 41.1 Å². The van der Waals surface area contributed by atoms with Gasteiger partial charge in [-0.3, -0.25) is 4.57 Å². The van der Waals surface area contributed by atoms with Gasteiger partial charge in [-0.05, 0) is 36.0 Å². The molecule has 0 aliphatic heterocycles. The number of hydrogen-bond donors (Lipinski definition) is 0. The molecule has 0 saturated heterocycles. The number of thiazole rings is 1. The maximum Gasteiger partial charge on any atom is 0.351 e. The second-order valence-electron chi connectivity index (χ2n) is 5.15. The summed E-state index contributed by atoms with van der Waals surface area (Å²) in [5.41, 5.74) is 0.868. The first-order valence-corrected chi connectivity index (χ1v) is 9.65. The van der Waals surface area contributed by atoms with Crippen LogP contribution in [0.3, 0.4) is 0 Å². The number of nitrogens with zero attached hydrogens (tertiary/aromatic N) is 4. The van der Waals surface area contributed by atoms with Gasteiger partial charge in [0, 0.05) is 5.69 Å². The summed E-state index contributed by atoms with van der Waals surface area (Å²) in [5, 5.41) is 9.20. The maximum atomic E-state index is 11.8. The van der Waals surface area contributed by atoms with Crippen LogP contribution >= 0.6 is 34.7 Å². The lowest BCUT2D eigenvalue weighted by Crippen LogP contribution is -1.98. The Balaban J connectivity index is 1.77. The summed E-state index contributed by atoms with van der Waals surface area (Å²) >= 11 is 8.45. The highest BCUT2D eigenvalue weighted by molar-refractivity contribution is 8.00. The van der Waals surface area contributed by atoms with E-state index in [2.05, 4.69) is 15.2 Å². The molecule has 0 radical (unpaired) electrons. The monoisotopic (exact) mass is 418 g/mol. The number of furan rings is 1. The summed E-state index contributed by atoms with van der Waals surface area (Å²) in [6, 6.07) is 13.2. The van der Waals surface area contributed by atoms with Gasteiger partial charge in [0.2, 0.25) is 11.0 Å². The molecule has 0 spiro atoms. The normalized spacial score (nSPS) is 10.9. The van der Waals surface area contributed by atoms with Gasteiger partial charge < -0.3 is 9.15 Å². The van der Waals surface area contributed by atoms with Gasteiger partial charge in [0.05, 0.1) is 13.4 Å². The first kappa shape index (κ1) is 17.8. The molecule has 7 nitrogen and oxygen atoms in total. The molecule has 10 heteroatoms. The van der Waals surface area contributed by atoms with Crippen molar-refractivity contribution in [2.45, 2.75) is 9.50 Å². The van der Waals surface area contributed by atoms with Gasteiger partial charge in [0.15, 0.2) is 20.1 Å². The second kappa shape index (κ2) is 7.55. The first-order chi connectivity index (χ1) is 13.2. The van der Waals surface area contributed by atoms with E-state index >= 15 is 0 Å². The van der Waals surface area contributed by atoms with E-state index in [1.165, 1.54) is 18.9 Å². The third kappa shape index (κ3) is 3.48. The minimum Gasteiger partial charge on any atom is -0.465 e. The van der Waals surface area contributed by atoms with E-state index < -0.39 is 5.97 Å². The van der Waals surface area contributed by atoms with Crippen molar-refractivity contribution in [2.24, 2.45) is 0 Å². The van der Waals surface area contributed by atoms with Crippen molar-refractivity contribution in [2.75, 3.05) is 7.11 Å². The van der Waals surface area contributed by atoms with Gasteiger partial charge in [-0.15, -0.1) is 10.2 Å². The fourth-order valence-electron chi connectivity index (χ4n) is 2.33. The topological polar surface area (TPSA) is 83.0 Å². The summed E-state index contributed by atoms with van der Waals surface area (Å²) in [4.78, 5) is 16.2. The van der Waals surface area contributed by atoms with Crippen LogP contribution < -0.4 is 0 Å². The number of hydrogen-bond acceptors (Lipinski definition) is 8. The van der Waals surface area contributed by atoms with Gasteiger partial charge >= 0.3 is 5.97 Å². The van der Waals surface area contributed by atoms with Crippen molar-refractivity contribution < 1.29 is 13.9 Å². The van der Waals surface area contributed by atoms with Crippen LogP contribution in [0.15, 0.2) is 62.6 Å². The summed E-state index contributed by atoms with van der Waals surface area (Å²) in [5.74, 6) is 0.625. The molecule has 136 valence electrons. The van der Waals surface area contributed by atoms with Gasteiger partial charge in [0.1, 0.15) is 0 Å². The number of halogens is 1. The zero-order valence-corrected chi connectivity index (χ0v) is 16.2. The van der Waals surface area contributed by atoms with E-state index in [0.717, 1.165) is 17.0 Å². The largest absolute Gasteiger partial charge is 0.465 e. The third-order valence-corrected chi connectivity index (χ3v) is 5.93. The average molecular weight is 419 g/mol. The van der Waals surface area contributed by atoms with Gasteiger partial charge in [-0.25, -0.2) is 9.78 Å². The Kier molecular flexibility index (Phi) is 4.97. The fraction of sp³-hybridized carbons (Fsp3) is 0.0588. The highest BCUT2D eigenvalue weighted by atomic mass is 35.5. The predicted octanol–water partition coefficient (Wildman–Crippen LogP) is 4.58. The summed E-state index contributed by atoms with van der Waals surface area (Å²) in [7, 11) is 1.30. The van der Waals surface area contributed by atoms with Gasteiger partial charge in [-0.2, -0.15) is 0 Å². The Labute approximate surface area is 167 Å². The van der Waals surface area contributed by atoms with Crippen LogP contribution in [0.4, 0.5) is 0 Å². The van der Waals surface area contributed by atoms with Crippen LogP contribution in [0.1, 0.15) is 9.67 Å². The van der Waals surface area contributed by atoms with E-state index in [9.17, 15) is 4.79 Å². The van der Waals surface area contributed by atoms with Gasteiger partial charge in [0.25, 0.3) is 0 Å². The van der Waals surface area contributed by atoms with E-state index in [4.69, 9.17) is 20.8 Å². The molecule has 4 rings (SSSR count). The zero-order valence-electron chi connectivity index (χ0n) is 13.8. The SMILES string of the molecule is COC(=O)c1sc(Sc2nnc(-c3ccco3)n2-c2ccccc2)nc1Cl. The molecule has 0 fully saturated rings. The lowest BCUT2D eigenvalue weighted by Gasteiger charge is -2.07. The minimum atomic E-state index is -0.523. The van der Waals surface area contributed by atoms with Crippen LogP contribution in [0.5, 0.6) is 0 Å². The summed E-state index contributed by atoms with van der Waals surface area (Å²) < 4.78 is 12.6. The predicted molar refractivity (Wildman–Crippen MR) is 102 cm³/mol. The molecule has 3 heterocycles.